The van der Waals surface area contributed by atoms with Crippen LogP contribution in [-0.4, -0.2) is 11.0 Å². The molecule has 4 nitrogen and oxygen atoms in total. The number of nitriles is 1. The first-order chi connectivity index (χ1) is 10.1. The number of hydrogen-bond acceptors (Lipinski definition) is 3. The SMILES string of the molecule is Cc1cccc(C=C(C#N)C(=O)Nc2ccc(O)cc2)c1. The number of rotatable bonds is 3. The topological polar surface area (TPSA) is 73.1 Å². The van der Waals surface area contributed by atoms with Crippen molar-refractivity contribution >= 4 is 17.7 Å². The molecule has 2 aromatic carbocycles. The zero-order valence-corrected chi connectivity index (χ0v) is 11.5. The lowest BCUT2D eigenvalue weighted by molar-refractivity contribution is -0.112. The van der Waals surface area contributed by atoms with Crippen molar-refractivity contribution in [1.29, 1.82) is 5.26 Å². The summed E-state index contributed by atoms with van der Waals surface area (Å²) in [5.74, 6) is -0.367. The van der Waals surface area contributed by atoms with Crippen molar-refractivity contribution < 1.29 is 9.90 Å². The summed E-state index contributed by atoms with van der Waals surface area (Å²) in [4.78, 5) is 12.1. The van der Waals surface area contributed by atoms with Crippen LogP contribution in [0.2, 0.25) is 0 Å². The minimum Gasteiger partial charge on any atom is -0.508 e. The Kier molecular flexibility index (Phi) is 4.37. The molecule has 0 atom stereocenters. The first kappa shape index (κ1) is 14.4. The molecule has 0 fully saturated rings. The van der Waals surface area contributed by atoms with E-state index in [4.69, 9.17) is 5.26 Å². The lowest BCUT2D eigenvalue weighted by Crippen LogP contribution is -2.13. The third-order valence-electron chi connectivity index (χ3n) is 2.84. The van der Waals surface area contributed by atoms with Gasteiger partial charge in [0.15, 0.2) is 0 Å². The second kappa shape index (κ2) is 6.40. The minimum atomic E-state index is -0.482. The second-order valence-electron chi connectivity index (χ2n) is 4.58. The first-order valence-corrected chi connectivity index (χ1v) is 6.37. The molecule has 0 aliphatic heterocycles. The number of anilines is 1. The molecule has 21 heavy (non-hydrogen) atoms. The normalized spacial score (nSPS) is 10.8. The number of hydrogen-bond donors (Lipinski definition) is 2. The van der Waals surface area contributed by atoms with Gasteiger partial charge in [-0.05, 0) is 42.8 Å². The van der Waals surface area contributed by atoms with E-state index in [9.17, 15) is 9.90 Å². The Hall–Kier alpha value is -3.06. The fourth-order valence-corrected chi connectivity index (χ4v) is 1.82. The van der Waals surface area contributed by atoms with Crippen molar-refractivity contribution in [3.8, 4) is 11.8 Å². The molecule has 4 heteroatoms. The average molecular weight is 278 g/mol. The van der Waals surface area contributed by atoms with E-state index in [1.54, 1.807) is 18.2 Å². The third kappa shape index (κ3) is 3.95. The molecular formula is C17H14N2O2. The molecule has 104 valence electrons. The number of carbonyl (C=O) groups is 1. The van der Waals surface area contributed by atoms with Crippen molar-refractivity contribution in [2.75, 3.05) is 5.32 Å². The van der Waals surface area contributed by atoms with Gasteiger partial charge >= 0.3 is 0 Å². The number of benzene rings is 2. The molecule has 0 aliphatic carbocycles. The molecular weight excluding hydrogens is 264 g/mol. The van der Waals surface area contributed by atoms with Crippen molar-refractivity contribution in [2.24, 2.45) is 0 Å². The maximum atomic E-state index is 12.1. The monoisotopic (exact) mass is 278 g/mol. The highest BCUT2D eigenvalue weighted by Crippen LogP contribution is 2.15. The molecule has 0 aromatic heterocycles. The summed E-state index contributed by atoms with van der Waals surface area (Å²) in [6.45, 7) is 1.94. The predicted molar refractivity (Wildman–Crippen MR) is 81.5 cm³/mol. The fraction of sp³-hybridized carbons (Fsp3) is 0.0588. The number of nitrogens with one attached hydrogen (secondary N) is 1. The summed E-state index contributed by atoms with van der Waals surface area (Å²) < 4.78 is 0. The van der Waals surface area contributed by atoms with Crippen LogP contribution in [-0.2, 0) is 4.79 Å². The molecule has 0 saturated heterocycles. The molecule has 0 heterocycles. The van der Waals surface area contributed by atoms with E-state index < -0.39 is 5.91 Å². The Morgan fingerprint density at radius 1 is 1.24 bits per heavy atom. The molecule has 2 aromatic rings. The highest BCUT2D eigenvalue weighted by atomic mass is 16.3. The maximum Gasteiger partial charge on any atom is 0.266 e. The summed E-state index contributed by atoms with van der Waals surface area (Å²) in [5.41, 5.74) is 2.39. The third-order valence-corrected chi connectivity index (χ3v) is 2.84. The summed E-state index contributed by atoms with van der Waals surface area (Å²) in [6.07, 6.45) is 1.54. The molecule has 2 N–H and O–H groups in total. The lowest BCUT2D eigenvalue weighted by Gasteiger charge is -2.04. The van der Waals surface area contributed by atoms with Gasteiger partial charge in [-0.3, -0.25) is 4.79 Å². The fourth-order valence-electron chi connectivity index (χ4n) is 1.82. The van der Waals surface area contributed by atoms with Crippen LogP contribution < -0.4 is 5.32 Å². The standard InChI is InChI=1S/C17H14N2O2/c1-12-3-2-4-13(9-12)10-14(11-18)17(21)19-15-5-7-16(20)8-6-15/h2-10,20H,1H3,(H,19,21). The highest BCUT2D eigenvalue weighted by molar-refractivity contribution is 6.09. The van der Waals surface area contributed by atoms with Gasteiger partial charge in [-0.15, -0.1) is 0 Å². The van der Waals surface area contributed by atoms with Crippen LogP contribution in [0, 0.1) is 18.3 Å². The van der Waals surface area contributed by atoms with Gasteiger partial charge in [-0.1, -0.05) is 29.8 Å². The summed E-state index contributed by atoms with van der Waals surface area (Å²) in [7, 11) is 0. The van der Waals surface area contributed by atoms with Crippen LogP contribution in [0.1, 0.15) is 11.1 Å². The maximum absolute atomic E-state index is 12.1. The summed E-state index contributed by atoms with van der Waals surface area (Å²) in [6, 6.07) is 15.5. The number of aromatic hydroxyl groups is 1. The van der Waals surface area contributed by atoms with E-state index in [0.29, 0.717) is 5.69 Å². The van der Waals surface area contributed by atoms with Gasteiger partial charge in [0.05, 0.1) is 0 Å². The summed E-state index contributed by atoms with van der Waals surface area (Å²) in [5, 5.41) is 20.9. The van der Waals surface area contributed by atoms with E-state index >= 15 is 0 Å². The van der Waals surface area contributed by atoms with E-state index in [0.717, 1.165) is 11.1 Å². The molecule has 0 bridgehead atoms. The first-order valence-electron chi connectivity index (χ1n) is 6.37. The molecule has 0 spiro atoms. The lowest BCUT2D eigenvalue weighted by atomic mass is 10.1. The Morgan fingerprint density at radius 2 is 1.95 bits per heavy atom. The number of phenols is 1. The van der Waals surface area contributed by atoms with Crippen molar-refractivity contribution in [1.82, 2.24) is 0 Å². The van der Waals surface area contributed by atoms with E-state index in [1.807, 2.05) is 37.3 Å². The van der Waals surface area contributed by atoms with Crippen LogP contribution in [0.5, 0.6) is 5.75 Å². The van der Waals surface area contributed by atoms with Gasteiger partial charge in [-0.25, -0.2) is 0 Å². The van der Waals surface area contributed by atoms with Gasteiger partial charge in [0.25, 0.3) is 5.91 Å². The Labute approximate surface area is 123 Å². The van der Waals surface area contributed by atoms with E-state index in [-0.39, 0.29) is 11.3 Å². The van der Waals surface area contributed by atoms with E-state index in [2.05, 4.69) is 5.32 Å². The van der Waals surface area contributed by atoms with Crippen LogP contribution in [0.15, 0.2) is 54.1 Å². The van der Waals surface area contributed by atoms with Gasteiger partial charge in [0.1, 0.15) is 17.4 Å². The van der Waals surface area contributed by atoms with Gasteiger partial charge in [-0.2, -0.15) is 5.26 Å². The molecule has 1 amide bonds. The van der Waals surface area contributed by atoms with Crippen molar-refractivity contribution in [2.45, 2.75) is 6.92 Å². The van der Waals surface area contributed by atoms with Crippen LogP contribution in [0.4, 0.5) is 5.69 Å². The number of phenolic OH excluding ortho intramolecular Hbond substituents is 1. The van der Waals surface area contributed by atoms with Crippen LogP contribution in [0.3, 0.4) is 0 Å². The molecule has 0 aliphatic rings. The number of carbonyl (C=O) groups excluding carboxylic acids is 1. The van der Waals surface area contributed by atoms with Crippen LogP contribution in [0.25, 0.3) is 6.08 Å². The van der Waals surface area contributed by atoms with Gasteiger partial charge < -0.3 is 10.4 Å². The molecule has 0 saturated carbocycles. The second-order valence-corrected chi connectivity index (χ2v) is 4.58. The Balaban J connectivity index is 2.19. The number of amides is 1. The average Bonchev–Trinajstić information content (AvgIpc) is 2.47. The predicted octanol–water partition coefficient (Wildman–Crippen LogP) is 3.25. The summed E-state index contributed by atoms with van der Waals surface area (Å²) >= 11 is 0. The molecule has 0 unspecified atom stereocenters. The van der Waals surface area contributed by atoms with Crippen molar-refractivity contribution in [3.63, 3.8) is 0 Å². The van der Waals surface area contributed by atoms with Gasteiger partial charge in [0, 0.05) is 5.69 Å². The molecule has 0 radical (unpaired) electrons. The number of aryl methyl sites for hydroxylation is 1. The zero-order chi connectivity index (χ0) is 15.2. The Morgan fingerprint density at radius 3 is 2.57 bits per heavy atom. The van der Waals surface area contributed by atoms with E-state index in [1.165, 1.54) is 12.1 Å². The smallest absolute Gasteiger partial charge is 0.266 e. The Bertz CT molecular complexity index is 725. The van der Waals surface area contributed by atoms with Gasteiger partial charge in [0.2, 0.25) is 0 Å². The van der Waals surface area contributed by atoms with Crippen molar-refractivity contribution in [3.05, 3.63) is 65.2 Å². The largest absolute Gasteiger partial charge is 0.508 e. The molecule has 2 rings (SSSR count). The number of nitrogens with zero attached hydrogens (tertiary/aromatic N) is 1. The minimum absolute atomic E-state index is 0.0219. The van der Waals surface area contributed by atoms with Crippen LogP contribution >= 0.6 is 0 Å². The highest BCUT2D eigenvalue weighted by Gasteiger charge is 2.09. The quantitative estimate of drug-likeness (QED) is 0.514. The zero-order valence-electron chi connectivity index (χ0n) is 11.5.